The SMILES string of the molecule is O=C(O)c1nn2c(-c3ccccc3)cc(C3CC3)cc2c1Cl. The minimum absolute atomic E-state index is 0.105. The van der Waals surface area contributed by atoms with Crippen LogP contribution in [0.1, 0.15) is 34.8 Å². The smallest absolute Gasteiger partial charge is 0.358 e. The fraction of sp³-hybridized carbons (Fsp3) is 0.176. The van der Waals surface area contributed by atoms with Gasteiger partial charge >= 0.3 is 5.97 Å². The summed E-state index contributed by atoms with van der Waals surface area (Å²) >= 11 is 6.24. The molecule has 0 amide bonds. The number of hydrogen-bond acceptors (Lipinski definition) is 2. The van der Waals surface area contributed by atoms with Crippen molar-refractivity contribution in [3.8, 4) is 11.3 Å². The molecular formula is C17H13ClN2O2. The Hall–Kier alpha value is -2.33. The molecule has 1 aliphatic rings. The highest BCUT2D eigenvalue weighted by atomic mass is 35.5. The summed E-state index contributed by atoms with van der Waals surface area (Å²) in [4.78, 5) is 11.3. The van der Waals surface area contributed by atoms with Crippen molar-refractivity contribution in [1.29, 1.82) is 0 Å². The molecule has 1 aromatic carbocycles. The predicted octanol–water partition coefficient (Wildman–Crippen LogP) is 4.23. The van der Waals surface area contributed by atoms with Gasteiger partial charge in [-0.05, 0) is 36.5 Å². The van der Waals surface area contributed by atoms with Gasteiger partial charge in [-0.2, -0.15) is 5.10 Å². The Morgan fingerprint density at radius 3 is 2.59 bits per heavy atom. The summed E-state index contributed by atoms with van der Waals surface area (Å²) in [5, 5.41) is 13.7. The monoisotopic (exact) mass is 312 g/mol. The van der Waals surface area contributed by atoms with Crippen LogP contribution in [0, 0.1) is 0 Å². The highest BCUT2D eigenvalue weighted by Gasteiger charge is 2.27. The lowest BCUT2D eigenvalue weighted by atomic mass is 10.1. The number of aromatic carboxylic acids is 1. The Kier molecular flexibility index (Phi) is 2.94. The van der Waals surface area contributed by atoms with E-state index in [9.17, 15) is 9.90 Å². The molecule has 0 unspecified atom stereocenters. The molecular weight excluding hydrogens is 300 g/mol. The number of rotatable bonds is 3. The van der Waals surface area contributed by atoms with E-state index in [1.165, 1.54) is 18.4 Å². The molecule has 1 saturated carbocycles. The lowest BCUT2D eigenvalue weighted by Crippen LogP contribution is -2.00. The molecule has 1 N–H and O–H groups in total. The molecule has 0 radical (unpaired) electrons. The molecule has 0 spiro atoms. The van der Waals surface area contributed by atoms with Crippen molar-refractivity contribution in [2.45, 2.75) is 18.8 Å². The zero-order chi connectivity index (χ0) is 15.3. The number of carboxylic acids is 1. The van der Waals surface area contributed by atoms with E-state index < -0.39 is 5.97 Å². The van der Waals surface area contributed by atoms with Crippen molar-refractivity contribution in [1.82, 2.24) is 9.61 Å². The summed E-state index contributed by atoms with van der Waals surface area (Å²) in [6, 6.07) is 13.9. The molecule has 0 bridgehead atoms. The number of aromatic nitrogens is 2. The lowest BCUT2D eigenvalue weighted by molar-refractivity contribution is 0.0690. The average Bonchev–Trinajstić information content (AvgIpc) is 3.32. The molecule has 1 fully saturated rings. The van der Waals surface area contributed by atoms with E-state index in [1.807, 2.05) is 36.4 Å². The third-order valence-corrected chi connectivity index (χ3v) is 4.39. The van der Waals surface area contributed by atoms with Crippen LogP contribution in [0.2, 0.25) is 5.02 Å². The maximum atomic E-state index is 11.3. The number of fused-ring (bicyclic) bond motifs is 1. The normalized spacial score (nSPS) is 14.4. The molecule has 2 heterocycles. The number of benzene rings is 1. The molecule has 4 nitrogen and oxygen atoms in total. The Labute approximate surface area is 132 Å². The van der Waals surface area contributed by atoms with Gasteiger partial charge in [0.1, 0.15) is 5.02 Å². The molecule has 5 heteroatoms. The fourth-order valence-corrected chi connectivity index (χ4v) is 3.00. The van der Waals surface area contributed by atoms with Crippen molar-refractivity contribution in [2.24, 2.45) is 0 Å². The molecule has 2 aromatic heterocycles. The Bertz CT molecular complexity index is 883. The van der Waals surface area contributed by atoms with Crippen LogP contribution in [-0.2, 0) is 0 Å². The van der Waals surface area contributed by atoms with E-state index in [0.717, 1.165) is 11.3 Å². The first-order valence-corrected chi connectivity index (χ1v) is 7.54. The van der Waals surface area contributed by atoms with Crippen LogP contribution < -0.4 is 0 Å². The first-order valence-electron chi connectivity index (χ1n) is 7.16. The second-order valence-electron chi connectivity index (χ2n) is 5.58. The topological polar surface area (TPSA) is 54.6 Å². The number of pyridine rings is 1. The second-order valence-corrected chi connectivity index (χ2v) is 5.96. The number of carboxylic acid groups (broad SMARTS) is 1. The Morgan fingerprint density at radius 2 is 1.95 bits per heavy atom. The van der Waals surface area contributed by atoms with Crippen LogP contribution in [-0.4, -0.2) is 20.7 Å². The summed E-state index contributed by atoms with van der Waals surface area (Å²) in [6.45, 7) is 0. The number of nitrogens with zero attached hydrogens (tertiary/aromatic N) is 2. The van der Waals surface area contributed by atoms with Crippen molar-refractivity contribution >= 4 is 23.1 Å². The number of carbonyl (C=O) groups is 1. The van der Waals surface area contributed by atoms with Gasteiger partial charge < -0.3 is 5.11 Å². The predicted molar refractivity (Wildman–Crippen MR) is 84.6 cm³/mol. The van der Waals surface area contributed by atoms with Crippen molar-refractivity contribution in [3.63, 3.8) is 0 Å². The molecule has 110 valence electrons. The van der Waals surface area contributed by atoms with Crippen LogP contribution in [0.4, 0.5) is 0 Å². The number of hydrogen-bond donors (Lipinski definition) is 1. The zero-order valence-corrected chi connectivity index (χ0v) is 12.4. The van der Waals surface area contributed by atoms with Gasteiger partial charge in [0, 0.05) is 5.56 Å². The van der Waals surface area contributed by atoms with Crippen molar-refractivity contribution in [3.05, 3.63) is 58.7 Å². The maximum absolute atomic E-state index is 11.3. The van der Waals surface area contributed by atoms with Gasteiger partial charge in [-0.3, -0.25) is 0 Å². The Balaban J connectivity index is 2.04. The van der Waals surface area contributed by atoms with Gasteiger partial charge in [0.25, 0.3) is 0 Å². The van der Waals surface area contributed by atoms with Crippen molar-refractivity contribution < 1.29 is 9.90 Å². The summed E-state index contributed by atoms with van der Waals surface area (Å²) in [5.74, 6) is -0.563. The first kappa shape index (κ1) is 13.3. The summed E-state index contributed by atoms with van der Waals surface area (Å²) in [7, 11) is 0. The zero-order valence-electron chi connectivity index (χ0n) is 11.7. The van der Waals surface area contributed by atoms with Crippen molar-refractivity contribution in [2.75, 3.05) is 0 Å². The standard InChI is InChI=1S/C17H13ClN2O2/c18-15-14-9-12(10-6-7-10)8-13(11-4-2-1-3-5-11)20(14)19-16(15)17(21)22/h1-5,8-10H,6-7H2,(H,21,22). The Morgan fingerprint density at radius 1 is 1.23 bits per heavy atom. The van der Waals surface area contributed by atoms with E-state index in [0.29, 0.717) is 11.4 Å². The maximum Gasteiger partial charge on any atom is 0.358 e. The lowest BCUT2D eigenvalue weighted by Gasteiger charge is -2.08. The van der Waals surface area contributed by atoms with E-state index in [2.05, 4.69) is 11.2 Å². The molecule has 0 aliphatic heterocycles. The van der Waals surface area contributed by atoms with E-state index in [4.69, 9.17) is 11.6 Å². The van der Waals surface area contributed by atoms with Gasteiger partial charge in [0.2, 0.25) is 0 Å². The molecule has 4 rings (SSSR count). The van der Waals surface area contributed by atoms with Gasteiger partial charge in [-0.15, -0.1) is 0 Å². The minimum Gasteiger partial charge on any atom is -0.476 e. The molecule has 0 atom stereocenters. The summed E-state index contributed by atoms with van der Waals surface area (Å²) in [6.07, 6.45) is 2.34. The second kappa shape index (κ2) is 4.85. The molecule has 1 aliphatic carbocycles. The van der Waals surface area contributed by atoms with Crippen LogP contribution in [0.25, 0.3) is 16.8 Å². The van der Waals surface area contributed by atoms with E-state index in [-0.39, 0.29) is 10.7 Å². The van der Waals surface area contributed by atoms with E-state index >= 15 is 0 Å². The third-order valence-electron chi connectivity index (χ3n) is 4.02. The molecule has 22 heavy (non-hydrogen) atoms. The van der Waals surface area contributed by atoms with E-state index in [1.54, 1.807) is 4.52 Å². The van der Waals surface area contributed by atoms with Gasteiger partial charge in [-0.25, -0.2) is 9.31 Å². The molecule has 0 saturated heterocycles. The quantitative estimate of drug-likeness (QED) is 0.787. The van der Waals surface area contributed by atoms with Gasteiger partial charge in [-0.1, -0.05) is 41.9 Å². The van der Waals surface area contributed by atoms with Gasteiger partial charge in [0.15, 0.2) is 5.69 Å². The fourth-order valence-electron chi connectivity index (χ4n) is 2.74. The largest absolute Gasteiger partial charge is 0.476 e. The highest BCUT2D eigenvalue weighted by Crippen LogP contribution is 2.42. The molecule has 3 aromatic rings. The first-order chi connectivity index (χ1) is 10.6. The van der Waals surface area contributed by atoms with Crippen LogP contribution in [0.15, 0.2) is 42.5 Å². The summed E-state index contributed by atoms with van der Waals surface area (Å²) in [5.41, 5.74) is 3.61. The van der Waals surface area contributed by atoms with Gasteiger partial charge in [0.05, 0.1) is 11.2 Å². The van der Waals surface area contributed by atoms with Crippen LogP contribution in [0.3, 0.4) is 0 Å². The number of halogens is 1. The van der Waals surface area contributed by atoms with Crippen LogP contribution >= 0.6 is 11.6 Å². The minimum atomic E-state index is -1.11. The third kappa shape index (κ3) is 2.07. The van der Waals surface area contributed by atoms with Crippen LogP contribution in [0.5, 0.6) is 0 Å². The average molecular weight is 313 g/mol. The summed E-state index contributed by atoms with van der Waals surface area (Å²) < 4.78 is 1.63. The highest BCUT2D eigenvalue weighted by molar-refractivity contribution is 6.36.